The molecule has 6 nitrogen and oxygen atoms in total. The van der Waals surface area contributed by atoms with Crippen LogP contribution in [0, 0.1) is 62.3 Å². The van der Waals surface area contributed by atoms with Crippen molar-refractivity contribution in [1.82, 2.24) is 29.9 Å². The minimum absolute atomic E-state index is 0. The fraction of sp³-hybridized carbons (Fsp3) is 0.215. The van der Waals surface area contributed by atoms with Gasteiger partial charge < -0.3 is 29.9 Å². The van der Waals surface area contributed by atoms with Gasteiger partial charge in [-0.1, -0.05) is 124 Å². The van der Waals surface area contributed by atoms with E-state index in [9.17, 15) is 0 Å². The Labute approximate surface area is 517 Å². The minimum atomic E-state index is 0. The van der Waals surface area contributed by atoms with E-state index in [1.807, 2.05) is 6.20 Å². The van der Waals surface area contributed by atoms with Crippen molar-refractivity contribution in [3.05, 3.63) is 234 Å². The first-order chi connectivity index (χ1) is 33.2. The second kappa shape index (κ2) is 30.9. The zero-order valence-corrected chi connectivity index (χ0v) is 52.3. The average Bonchev–Trinajstić information content (AvgIpc) is 4.20. The van der Waals surface area contributed by atoms with Crippen molar-refractivity contribution in [2.45, 2.75) is 96.4 Å². The van der Waals surface area contributed by atoms with Crippen molar-refractivity contribution in [3.8, 4) is 0 Å². The van der Waals surface area contributed by atoms with E-state index in [0.717, 1.165) is 36.2 Å². The van der Waals surface area contributed by atoms with Gasteiger partial charge in [0.15, 0.2) is 0 Å². The predicted octanol–water partition coefficient (Wildman–Crippen LogP) is 18.4. The molecule has 0 aliphatic heterocycles. The van der Waals surface area contributed by atoms with Gasteiger partial charge in [-0.3, -0.25) is 0 Å². The van der Waals surface area contributed by atoms with E-state index >= 15 is 0 Å². The molecule has 12 rings (SSSR count). The second-order valence-corrected chi connectivity index (χ2v) is 18.3. The normalized spacial score (nSPS) is 10.0. The number of rotatable bonds is 3. The summed E-state index contributed by atoms with van der Waals surface area (Å²) < 4.78 is 0. The first-order valence-electron chi connectivity index (χ1n) is 24.1. The van der Waals surface area contributed by atoms with Gasteiger partial charge in [-0.25, -0.2) is 13.8 Å². The Bertz CT molecular complexity index is 3410. The largest absolute Gasteiger partial charge is 0.424 e. The zero-order valence-electron chi connectivity index (χ0n) is 43.8. The standard InChI is InChI=1S/3C11H13N.3C10H10N.2CH4.3Y/c1-3-10-7-9-6-8(2)4-5-11(9)12-10;1-3-10-7-9-5-4-8(2)6-11(9)12-10;1-3-9-7-12-11-6-8(2)4-5-10(9)11;1-7-3-4-10-9(5-7)6-8(2)11-10;1-7-3-4-9-8(2)6-11-10(9)5-7;1-7-3-4-9-6-8(2)11-10(9)5-7;;;;;/h3*4-7,12H,3H2,1-2H3;3*3-6,11H,2H2,1H3;2*1H4;;;/q;;;3*-1;;;;;. The van der Waals surface area contributed by atoms with Crippen LogP contribution in [-0.2, 0) is 117 Å². The molecular weight excluding hydrogens is 1130 g/mol. The first-order valence-corrected chi connectivity index (χ1v) is 24.1. The summed E-state index contributed by atoms with van der Waals surface area (Å²) in [6.07, 6.45) is 7.29. The minimum Gasteiger partial charge on any atom is -0.424 e. The molecule has 6 aromatic carbocycles. The van der Waals surface area contributed by atoms with Crippen LogP contribution in [0.4, 0.5) is 0 Å². The van der Waals surface area contributed by atoms with E-state index < -0.39 is 0 Å². The van der Waals surface area contributed by atoms with Crippen molar-refractivity contribution >= 4 is 65.4 Å². The Balaban J connectivity index is 0.000000300. The predicted molar refractivity (Wildman–Crippen MR) is 313 cm³/mol. The summed E-state index contributed by atoms with van der Waals surface area (Å²) in [5.74, 6) is 0. The molecule has 0 bridgehead atoms. The third-order valence-electron chi connectivity index (χ3n) is 12.3. The van der Waals surface area contributed by atoms with Crippen molar-refractivity contribution in [2.75, 3.05) is 0 Å². The molecule has 9 heteroatoms. The molecule has 0 aliphatic rings. The molecule has 0 saturated carbocycles. The SMILES string of the molecule is C.C.CCc1c[nH]c2cc(C)ccc12.CCc1cc2cc(C)ccc2[nH]1.CCc1cc2ccc(C)cc2[nH]1.[CH2-]c1c[nH]c2cc(C)ccc12.[CH2-]c1cc2cc(C)ccc2[nH]1.[CH2-]c1cc2ccc(C)cc2[nH]1.[Y].[Y].[Y]. The van der Waals surface area contributed by atoms with Crippen LogP contribution in [0.1, 0.15) is 103 Å². The maximum atomic E-state index is 3.91. The molecule has 0 amide bonds. The summed E-state index contributed by atoms with van der Waals surface area (Å²) in [4.78, 5) is 19.6. The van der Waals surface area contributed by atoms with Crippen LogP contribution >= 0.6 is 0 Å². The van der Waals surface area contributed by atoms with E-state index in [1.54, 1.807) is 0 Å². The molecule has 0 atom stereocenters. The Morgan fingerprint density at radius 1 is 0.338 bits per heavy atom. The third kappa shape index (κ3) is 17.8. The van der Waals surface area contributed by atoms with E-state index in [1.165, 1.54) is 116 Å². The maximum Gasteiger partial charge on any atom is 0.0459 e. The van der Waals surface area contributed by atoms with Gasteiger partial charge in [0.05, 0.1) is 0 Å². The summed E-state index contributed by atoms with van der Waals surface area (Å²) in [7, 11) is 0. The molecule has 3 radical (unpaired) electrons. The van der Waals surface area contributed by atoms with Gasteiger partial charge in [0, 0.05) is 149 Å². The molecule has 379 valence electrons. The zero-order chi connectivity index (χ0) is 49.2. The summed E-state index contributed by atoms with van der Waals surface area (Å²) in [5, 5.41) is 7.71. The molecule has 0 fully saturated rings. The third-order valence-corrected chi connectivity index (χ3v) is 12.3. The number of aromatic nitrogens is 6. The number of aromatic amines is 6. The number of fused-ring (bicyclic) bond motifs is 6. The molecular formula is C65H77N6Y3-3. The fourth-order valence-corrected chi connectivity index (χ4v) is 8.50. The molecule has 74 heavy (non-hydrogen) atoms. The molecule has 0 spiro atoms. The smallest absolute Gasteiger partial charge is 0.0459 e. The van der Waals surface area contributed by atoms with Crippen LogP contribution in [0.3, 0.4) is 0 Å². The van der Waals surface area contributed by atoms with Gasteiger partial charge in [0.1, 0.15) is 0 Å². The molecule has 12 aromatic rings. The van der Waals surface area contributed by atoms with Crippen LogP contribution in [0.15, 0.2) is 146 Å². The Kier molecular flexibility index (Phi) is 27.4. The average molecular weight is 1210 g/mol. The van der Waals surface area contributed by atoms with Gasteiger partial charge in [0.25, 0.3) is 0 Å². The molecule has 0 aliphatic carbocycles. The number of nitrogens with one attached hydrogen (secondary N) is 6. The van der Waals surface area contributed by atoms with E-state index in [2.05, 4.69) is 253 Å². The van der Waals surface area contributed by atoms with Gasteiger partial charge in [-0.05, 0) is 154 Å². The topological polar surface area (TPSA) is 94.7 Å². The van der Waals surface area contributed by atoms with E-state index in [0.29, 0.717) is 0 Å². The van der Waals surface area contributed by atoms with Gasteiger partial charge in [0.2, 0.25) is 0 Å². The van der Waals surface area contributed by atoms with Crippen molar-refractivity contribution < 1.29 is 98.1 Å². The number of aryl methyl sites for hydroxylation is 9. The van der Waals surface area contributed by atoms with E-state index in [4.69, 9.17) is 0 Å². The van der Waals surface area contributed by atoms with Gasteiger partial charge in [-0.2, -0.15) is 24.6 Å². The van der Waals surface area contributed by atoms with Crippen LogP contribution in [0.25, 0.3) is 65.4 Å². The number of hydrogen-bond donors (Lipinski definition) is 6. The molecule has 6 heterocycles. The quantitative estimate of drug-likeness (QED) is 0.0951. The van der Waals surface area contributed by atoms with Crippen LogP contribution in [0.2, 0.25) is 0 Å². The van der Waals surface area contributed by atoms with Gasteiger partial charge in [-0.15, -0.1) is 29.0 Å². The Morgan fingerprint density at radius 3 is 1.24 bits per heavy atom. The molecule has 0 unspecified atom stereocenters. The number of H-pyrrole nitrogens is 6. The van der Waals surface area contributed by atoms with Crippen LogP contribution in [0.5, 0.6) is 0 Å². The van der Waals surface area contributed by atoms with Crippen molar-refractivity contribution in [1.29, 1.82) is 0 Å². The van der Waals surface area contributed by atoms with E-state index in [-0.39, 0.29) is 113 Å². The van der Waals surface area contributed by atoms with Gasteiger partial charge >= 0.3 is 0 Å². The molecule has 6 aromatic heterocycles. The first kappa shape index (κ1) is 65.6. The maximum absolute atomic E-state index is 3.91. The van der Waals surface area contributed by atoms with Crippen LogP contribution in [-0.4, -0.2) is 29.9 Å². The Morgan fingerprint density at radius 2 is 0.703 bits per heavy atom. The number of benzene rings is 6. The summed E-state index contributed by atoms with van der Waals surface area (Å²) in [5.41, 5.74) is 22.1. The molecule has 0 saturated heterocycles. The summed E-state index contributed by atoms with van der Waals surface area (Å²) in [6.45, 7) is 30.7. The Hall–Kier alpha value is -4.52. The number of hydrogen-bond acceptors (Lipinski definition) is 0. The van der Waals surface area contributed by atoms with Crippen LogP contribution < -0.4 is 0 Å². The summed E-state index contributed by atoms with van der Waals surface area (Å²) >= 11 is 0. The molecule has 6 N–H and O–H groups in total. The second-order valence-electron chi connectivity index (χ2n) is 18.3. The summed E-state index contributed by atoms with van der Waals surface area (Å²) in [6, 6.07) is 47.1. The monoisotopic (exact) mass is 1210 g/mol. The van der Waals surface area contributed by atoms with Crippen molar-refractivity contribution in [3.63, 3.8) is 0 Å². The fourth-order valence-electron chi connectivity index (χ4n) is 8.50. The van der Waals surface area contributed by atoms with Crippen molar-refractivity contribution in [2.24, 2.45) is 0 Å².